The summed E-state index contributed by atoms with van der Waals surface area (Å²) in [5.74, 6) is 0.941. The number of nitrogens with one attached hydrogen (secondary N) is 2. The molecule has 4 nitrogen and oxygen atoms in total. The van der Waals surface area contributed by atoms with Gasteiger partial charge in [-0.3, -0.25) is 0 Å². The summed E-state index contributed by atoms with van der Waals surface area (Å²) < 4.78 is 43.8. The lowest BCUT2D eigenvalue weighted by atomic mass is 9.89. The van der Waals surface area contributed by atoms with Crippen LogP contribution in [0.5, 0.6) is 0 Å². The van der Waals surface area contributed by atoms with Crippen LogP contribution in [0.2, 0.25) is 0 Å². The number of rotatable bonds is 5. The van der Waals surface area contributed by atoms with Gasteiger partial charge in [-0.2, -0.15) is 13.2 Å². The van der Waals surface area contributed by atoms with E-state index in [1.54, 1.807) is 0 Å². The van der Waals surface area contributed by atoms with E-state index in [1.807, 2.05) is 0 Å². The van der Waals surface area contributed by atoms with E-state index in [0.717, 1.165) is 50.9 Å². The molecule has 0 unspecified atom stereocenters. The fraction of sp³-hybridized carbons (Fsp3) is 0.727. The number of halogens is 4. The molecular formula is C22H35BrF3N3O. The van der Waals surface area contributed by atoms with E-state index in [4.69, 9.17) is 10.5 Å². The molecule has 1 heterocycles. The van der Waals surface area contributed by atoms with Gasteiger partial charge in [0.05, 0.1) is 23.0 Å². The molecule has 1 aromatic rings. The van der Waals surface area contributed by atoms with E-state index >= 15 is 0 Å². The summed E-state index contributed by atoms with van der Waals surface area (Å²) in [5.41, 5.74) is 5.62. The number of benzene rings is 1. The first-order valence-corrected chi connectivity index (χ1v) is 11.7. The van der Waals surface area contributed by atoms with Crippen LogP contribution >= 0.6 is 15.9 Å². The Hall–Kier alpha value is -0.990. The van der Waals surface area contributed by atoms with Gasteiger partial charge < -0.3 is 21.1 Å². The third-order valence-corrected chi connectivity index (χ3v) is 6.32. The Labute approximate surface area is 186 Å². The number of nitrogen functional groups attached to an aromatic ring is 1. The maximum atomic E-state index is 12.7. The minimum Gasteiger partial charge on any atom is -0.397 e. The van der Waals surface area contributed by atoms with Gasteiger partial charge in [0.2, 0.25) is 0 Å². The van der Waals surface area contributed by atoms with E-state index in [-0.39, 0.29) is 16.2 Å². The Bertz CT molecular complexity index is 640. The van der Waals surface area contributed by atoms with Crippen molar-refractivity contribution in [3.05, 3.63) is 22.2 Å². The van der Waals surface area contributed by atoms with Crippen molar-refractivity contribution in [3.8, 4) is 0 Å². The zero-order valence-corrected chi connectivity index (χ0v) is 19.5. The van der Waals surface area contributed by atoms with Crippen LogP contribution < -0.4 is 16.4 Å². The van der Waals surface area contributed by atoms with Gasteiger partial charge in [0.25, 0.3) is 0 Å². The Morgan fingerprint density at radius 3 is 2.33 bits per heavy atom. The van der Waals surface area contributed by atoms with E-state index in [2.05, 4.69) is 40.4 Å². The second-order valence-corrected chi connectivity index (χ2v) is 9.19. The van der Waals surface area contributed by atoms with Crippen LogP contribution in [0.25, 0.3) is 0 Å². The largest absolute Gasteiger partial charge is 0.417 e. The van der Waals surface area contributed by atoms with Gasteiger partial charge in [0.15, 0.2) is 0 Å². The quantitative estimate of drug-likeness (QED) is 0.427. The molecule has 0 aromatic heterocycles. The number of nitrogens with two attached hydrogens (primary N) is 1. The van der Waals surface area contributed by atoms with E-state index < -0.39 is 11.7 Å². The third kappa shape index (κ3) is 8.27. The van der Waals surface area contributed by atoms with Gasteiger partial charge in [-0.25, -0.2) is 0 Å². The number of alkyl halides is 3. The average molecular weight is 494 g/mol. The highest BCUT2D eigenvalue weighted by Gasteiger charge is 2.33. The lowest BCUT2D eigenvalue weighted by Gasteiger charge is -2.26. The molecule has 3 rings (SSSR count). The number of hydrogen-bond acceptors (Lipinski definition) is 4. The number of hydrogen-bond donors (Lipinski definition) is 3. The first-order chi connectivity index (χ1) is 14.2. The van der Waals surface area contributed by atoms with E-state index in [9.17, 15) is 13.2 Å². The minimum absolute atomic E-state index is 0.00522. The van der Waals surface area contributed by atoms with Gasteiger partial charge >= 0.3 is 6.18 Å². The van der Waals surface area contributed by atoms with Crippen LogP contribution in [0.1, 0.15) is 64.4 Å². The molecule has 1 saturated carbocycles. The standard InChI is InChI=1S/C12H15BrF3N3.C10H20O/c13-9-6-11(19-7-1-3-18-4-2-7)10(17)5-8(9)12(14,15)16;1-3-8-11-10-6-4-9(2)5-7-10/h5-7,18-19H,1-4,17H2;9-10H,3-8H2,1-2H3. The Kier molecular flexibility index (Phi) is 10.2. The molecule has 2 fully saturated rings. The number of anilines is 2. The number of piperidine rings is 1. The molecule has 0 spiro atoms. The predicted octanol–water partition coefficient (Wildman–Crippen LogP) is 6.21. The maximum absolute atomic E-state index is 12.7. The van der Waals surface area contributed by atoms with Crippen molar-refractivity contribution in [3.63, 3.8) is 0 Å². The van der Waals surface area contributed by atoms with Crippen LogP contribution in [0.4, 0.5) is 24.5 Å². The second kappa shape index (κ2) is 12.2. The highest BCUT2D eigenvalue weighted by atomic mass is 79.9. The Morgan fingerprint density at radius 2 is 1.77 bits per heavy atom. The second-order valence-electron chi connectivity index (χ2n) is 8.34. The molecular weight excluding hydrogens is 459 g/mol. The maximum Gasteiger partial charge on any atom is 0.417 e. The van der Waals surface area contributed by atoms with Crippen LogP contribution in [0, 0.1) is 5.92 Å². The van der Waals surface area contributed by atoms with Gasteiger partial charge in [0, 0.05) is 17.1 Å². The topological polar surface area (TPSA) is 59.3 Å². The predicted molar refractivity (Wildman–Crippen MR) is 121 cm³/mol. The minimum atomic E-state index is -4.40. The average Bonchev–Trinajstić information content (AvgIpc) is 2.70. The molecule has 30 heavy (non-hydrogen) atoms. The first-order valence-electron chi connectivity index (χ1n) is 11.0. The smallest absolute Gasteiger partial charge is 0.397 e. The zero-order valence-electron chi connectivity index (χ0n) is 18.0. The summed E-state index contributed by atoms with van der Waals surface area (Å²) >= 11 is 2.95. The molecule has 1 aromatic carbocycles. The van der Waals surface area contributed by atoms with Crippen molar-refractivity contribution in [1.29, 1.82) is 0 Å². The SMILES string of the molecule is CCCOC1CCC(C)CC1.Nc1cc(C(F)(F)F)c(Br)cc1NC1CCNCC1. The molecule has 1 saturated heterocycles. The van der Waals surface area contributed by atoms with Crippen LogP contribution in [0.15, 0.2) is 16.6 Å². The van der Waals surface area contributed by atoms with Crippen molar-refractivity contribution in [2.24, 2.45) is 5.92 Å². The molecule has 4 N–H and O–H groups in total. The normalized spacial score (nSPS) is 22.9. The summed E-state index contributed by atoms with van der Waals surface area (Å²) in [7, 11) is 0. The fourth-order valence-corrected chi connectivity index (χ4v) is 4.37. The molecule has 0 atom stereocenters. The third-order valence-electron chi connectivity index (χ3n) is 5.66. The highest BCUT2D eigenvalue weighted by Crippen LogP contribution is 2.39. The van der Waals surface area contributed by atoms with E-state index in [1.165, 1.54) is 31.7 Å². The van der Waals surface area contributed by atoms with Crippen LogP contribution in [-0.4, -0.2) is 31.8 Å². The summed E-state index contributed by atoms with van der Waals surface area (Å²) in [4.78, 5) is 0. The summed E-state index contributed by atoms with van der Waals surface area (Å²) in [6.45, 7) is 7.28. The fourth-order valence-electron chi connectivity index (χ4n) is 3.80. The van der Waals surface area contributed by atoms with Gasteiger partial charge in [-0.1, -0.05) is 29.8 Å². The van der Waals surface area contributed by atoms with Crippen LogP contribution in [0.3, 0.4) is 0 Å². The van der Waals surface area contributed by atoms with Crippen LogP contribution in [-0.2, 0) is 10.9 Å². The first kappa shape index (κ1) is 25.3. The monoisotopic (exact) mass is 493 g/mol. The molecule has 0 amide bonds. The van der Waals surface area contributed by atoms with Crippen molar-refractivity contribution < 1.29 is 17.9 Å². The Morgan fingerprint density at radius 1 is 1.13 bits per heavy atom. The molecule has 1 aliphatic heterocycles. The number of ether oxygens (including phenoxy) is 1. The van der Waals surface area contributed by atoms with Gasteiger partial charge in [0.1, 0.15) is 0 Å². The van der Waals surface area contributed by atoms with Crippen molar-refractivity contribution in [2.45, 2.75) is 77.1 Å². The summed E-state index contributed by atoms with van der Waals surface area (Å²) in [6, 6.07) is 2.61. The summed E-state index contributed by atoms with van der Waals surface area (Å²) in [5, 5.41) is 6.43. The lowest BCUT2D eigenvalue weighted by molar-refractivity contribution is -0.138. The zero-order chi connectivity index (χ0) is 22.1. The van der Waals surface area contributed by atoms with E-state index in [0.29, 0.717) is 11.8 Å². The molecule has 0 bridgehead atoms. The van der Waals surface area contributed by atoms with Gasteiger partial charge in [-0.05, 0) is 76.1 Å². The molecule has 0 radical (unpaired) electrons. The summed E-state index contributed by atoms with van der Waals surface area (Å²) in [6.07, 6.45) is 4.53. The Balaban J connectivity index is 0.000000248. The molecule has 1 aliphatic carbocycles. The van der Waals surface area contributed by atoms with Crippen molar-refractivity contribution in [1.82, 2.24) is 5.32 Å². The molecule has 8 heteroatoms. The van der Waals surface area contributed by atoms with Crippen molar-refractivity contribution >= 4 is 27.3 Å². The van der Waals surface area contributed by atoms with Crippen molar-refractivity contribution in [2.75, 3.05) is 30.7 Å². The lowest BCUT2D eigenvalue weighted by Crippen LogP contribution is -2.35. The highest BCUT2D eigenvalue weighted by molar-refractivity contribution is 9.10. The molecule has 2 aliphatic rings. The van der Waals surface area contributed by atoms with Gasteiger partial charge in [-0.15, -0.1) is 0 Å². The molecule has 172 valence electrons.